The maximum Gasteiger partial charge on any atom is 0.408 e. The average Bonchev–Trinajstić information content (AvgIpc) is 2.49. The second-order valence-electron chi connectivity index (χ2n) is 5.75. The second-order valence-corrected chi connectivity index (χ2v) is 5.75. The average molecular weight is 343 g/mol. The molecular weight excluding hydrogens is 324 g/mol. The van der Waals surface area contributed by atoms with Gasteiger partial charge in [-0.05, 0) is 12.5 Å². The molecule has 0 aromatic heterocycles. The molecular formula is C16H19F2NO5. The fourth-order valence-electron chi connectivity index (χ4n) is 2.36. The molecule has 0 spiro atoms. The number of carboxylic acids is 1. The van der Waals surface area contributed by atoms with E-state index in [-0.39, 0.29) is 6.61 Å². The van der Waals surface area contributed by atoms with Crippen LogP contribution in [0.2, 0.25) is 0 Å². The Morgan fingerprint density at radius 1 is 1.33 bits per heavy atom. The molecule has 0 unspecified atom stereocenters. The van der Waals surface area contributed by atoms with Crippen molar-refractivity contribution in [3.63, 3.8) is 0 Å². The number of hydrogen-bond acceptors (Lipinski definition) is 4. The molecule has 1 aromatic carbocycles. The highest BCUT2D eigenvalue weighted by molar-refractivity contribution is 5.80. The van der Waals surface area contributed by atoms with E-state index in [1.807, 2.05) is 6.07 Å². The molecule has 6 nitrogen and oxygen atoms in total. The molecule has 24 heavy (non-hydrogen) atoms. The number of benzene rings is 1. The predicted molar refractivity (Wildman–Crippen MR) is 79.7 cm³/mol. The summed E-state index contributed by atoms with van der Waals surface area (Å²) < 4.78 is 35.8. The van der Waals surface area contributed by atoms with Crippen LogP contribution in [0.4, 0.5) is 13.6 Å². The maximum atomic E-state index is 12.8. The third-order valence-corrected chi connectivity index (χ3v) is 3.68. The van der Waals surface area contributed by atoms with Gasteiger partial charge >= 0.3 is 12.1 Å². The number of carbonyl (C=O) groups excluding carboxylic acids is 1. The van der Waals surface area contributed by atoms with Gasteiger partial charge in [0.2, 0.25) is 0 Å². The molecule has 1 aliphatic rings. The molecule has 1 aliphatic carbocycles. The topological polar surface area (TPSA) is 84.9 Å². The minimum absolute atomic E-state index is 0.0108. The molecule has 2 atom stereocenters. The Hall–Kier alpha value is -2.22. The summed E-state index contributed by atoms with van der Waals surface area (Å²) in [6.07, 6.45) is -3.47. The first-order chi connectivity index (χ1) is 11.3. The van der Waals surface area contributed by atoms with Crippen LogP contribution >= 0.6 is 0 Å². The van der Waals surface area contributed by atoms with E-state index in [0.717, 1.165) is 5.56 Å². The van der Waals surface area contributed by atoms with Crippen molar-refractivity contribution < 1.29 is 33.0 Å². The summed E-state index contributed by atoms with van der Waals surface area (Å²) in [4.78, 5) is 23.0. The summed E-state index contributed by atoms with van der Waals surface area (Å²) in [5.74, 6) is -4.09. The van der Waals surface area contributed by atoms with Crippen molar-refractivity contribution in [3.8, 4) is 0 Å². The van der Waals surface area contributed by atoms with Gasteiger partial charge in [0.25, 0.3) is 5.92 Å². The van der Waals surface area contributed by atoms with Crippen molar-refractivity contribution >= 4 is 12.1 Å². The van der Waals surface area contributed by atoms with Crippen molar-refractivity contribution in [1.29, 1.82) is 0 Å². The van der Waals surface area contributed by atoms with Gasteiger partial charge in [0, 0.05) is 12.8 Å². The largest absolute Gasteiger partial charge is 0.480 e. The first kappa shape index (κ1) is 18.1. The Kier molecular flexibility index (Phi) is 5.71. The van der Waals surface area contributed by atoms with Gasteiger partial charge in [-0.25, -0.2) is 18.4 Å². The first-order valence-electron chi connectivity index (χ1n) is 7.50. The van der Waals surface area contributed by atoms with E-state index in [4.69, 9.17) is 9.47 Å². The van der Waals surface area contributed by atoms with Crippen molar-refractivity contribution in [1.82, 2.24) is 5.32 Å². The van der Waals surface area contributed by atoms with Crippen LogP contribution in [0.15, 0.2) is 30.3 Å². The summed E-state index contributed by atoms with van der Waals surface area (Å²) in [5.41, 5.74) is 0.750. The van der Waals surface area contributed by atoms with Gasteiger partial charge < -0.3 is 19.9 Å². The molecule has 2 N–H and O–H groups in total. The lowest BCUT2D eigenvalue weighted by Gasteiger charge is -2.37. The van der Waals surface area contributed by atoms with Crippen LogP contribution in [0.5, 0.6) is 0 Å². The van der Waals surface area contributed by atoms with E-state index in [1.165, 1.54) is 6.92 Å². The minimum Gasteiger partial charge on any atom is -0.480 e. The molecule has 0 aliphatic heterocycles. The van der Waals surface area contributed by atoms with Crippen molar-refractivity contribution in [2.75, 3.05) is 0 Å². The van der Waals surface area contributed by atoms with E-state index in [9.17, 15) is 23.5 Å². The number of hydrogen-bond donors (Lipinski definition) is 2. The van der Waals surface area contributed by atoms with Crippen LogP contribution in [-0.2, 0) is 20.9 Å². The van der Waals surface area contributed by atoms with Crippen LogP contribution in [-0.4, -0.2) is 41.3 Å². The highest BCUT2D eigenvalue weighted by Crippen LogP contribution is 2.39. The van der Waals surface area contributed by atoms with Gasteiger partial charge in [0.15, 0.2) is 6.04 Å². The predicted octanol–water partition coefficient (Wildman–Crippen LogP) is 2.57. The Labute approximate surface area is 137 Å². The lowest BCUT2D eigenvalue weighted by Crippen LogP contribution is -2.52. The van der Waals surface area contributed by atoms with Crippen molar-refractivity contribution in [2.24, 2.45) is 0 Å². The second kappa shape index (κ2) is 7.57. The normalized spacial score (nSPS) is 19.0. The minimum atomic E-state index is -2.76. The molecule has 132 valence electrons. The quantitative estimate of drug-likeness (QED) is 0.795. The number of carboxylic acid groups (broad SMARTS) is 1. The third kappa shape index (κ3) is 5.16. The number of alkyl halides is 2. The number of carbonyl (C=O) groups is 2. The van der Waals surface area contributed by atoms with Crippen LogP contribution in [0.1, 0.15) is 25.3 Å². The molecule has 0 heterocycles. The maximum absolute atomic E-state index is 12.8. The number of nitrogens with one attached hydrogen (secondary N) is 1. The van der Waals surface area contributed by atoms with Gasteiger partial charge in [-0.15, -0.1) is 0 Å². The third-order valence-electron chi connectivity index (χ3n) is 3.68. The van der Waals surface area contributed by atoms with Crippen LogP contribution in [0.3, 0.4) is 0 Å². The van der Waals surface area contributed by atoms with Gasteiger partial charge in [-0.2, -0.15) is 0 Å². The monoisotopic (exact) mass is 343 g/mol. The summed E-state index contributed by atoms with van der Waals surface area (Å²) in [6, 6.07) is 7.49. The molecule has 1 aromatic rings. The fraction of sp³-hybridized carbons (Fsp3) is 0.500. The zero-order valence-corrected chi connectivity index (χ0v) is 13.1. The number of halogens is 2. The lowest BCUT2D eigenvalue weighted by molar-refractivity contribution is -0.185. The Bertz CT molecular complexity index is 573. The first-order valence-corrected chi connectivity index (χ1v) is 7.50. The summed E-state index contributed by atoms with van der Waals surface area (Å²) >= 11 is 0. The highest BCUT2D eigenvalue weighted by Gasteiger charge is 2.47. The van der Waals surface area contributed by atoms with E-state index in [1.54, 1.807) is 24.3 Å². The van der Waals surface area contributed by atoms with E-state index in [2.05, 4.69) is 5.32 Å². The summed E-state index contributed by atoms with van der Waals surface area (Å²) in [6.45, 7) is 1.40. The lowest BCUT2D eigenvalue weighted by atomic mass is 9.90. The van der Waals surface area contributed by atoms with E-state index < -0.39 is 49.1 Å². The Balaban J connectivity index is 1.81. The Morgan fingerprint density at radius 3 is 2.50 bits per heavy atom. The molecule has 1 amide bonds. The molecule has 0 saturated heterocycles. The molecule has 8 heteroatoms. The molecule has 1 fully saturated rings. The van der Waals surface area contributed by atoms with Gasteiger partial charge in [0.1, 0.15) is 6.61 Å². The van der Waals surface area contributed by atoms with Gasteiger partial charge in [-0.3, -0.25) is 0 Å². The number of ether oxygens (including phenoxy) is 2. The van der Waals surface area contributed by atoms with Crippen molar-refractivity contribution in [3.05, 3.63) is 35.9 Å². The zero-order chi connectivity index (χ0) is 17.7. The van der Waals surface area contributed by atoms with Crippen LogP contribution in [0.25, 0.3) is 0 Å². The SMILES string of the molecule is C[C@@H](OC1CC(F)(F)C1)[C@H](NC(=O)OCc1ccccc1)C(=O)O. The standard InChI is InChI=1S/C16H19F2NO5/c1-10(24-12-7-16(17,18)8-12)13(14(20)21)19-15(22)23-9-11-5-3-2-4-6-11/h2-6,10,12-13H,7-9H2,1H3,(H,19,22)(H,20,21)/t10-,13+/m1/s1. The van der Waals surface area contributed by atoms with Gasteiger partial charge in [-0.1, -0.05) is 30.3 Å². The number of rotatable bonds is 7. The fourth-order valence-corrected chi connectivity index (χ4v) is 2.36. The molecule has 2 rings (SSSR count). The molecule has 1 saturated carbocycles. The number of amides is 1. The van der Waals surface area contributed by atoms with E-state index >= 15 is 0 Å². The Morgan fingerprint density at radius 2 is 1.96 bits per heavy atom. The van der Waals surface area contributed by atoms with E-state index in [0.29, 0.717) is 0 Å². The number of alkyl carbamates (subject to hydrolysis) is 1. The smallest absolute Gasteiger partial charge is 0.408 e. The summed E-state index contributed by atoms with van der Waals surface area (Å²) in [5, 5.41) is 11.4. The molecule has 0 bridgehead atoms. The summed E-state index contributed by atoms with van der Waals surface area (Å²) in [7, 11) is 0. The van der Waals surface area contributed by atoms with Gasteiger partial charge in [0.05, 0.1) is 12.2 Å². The van der Waals surface area contributed by atoms with Crippen molar-refractivity contribution in [2.45, 2.75) is 50.5 Å². The highest BCUT2D eigenvalue weighted by atomic mass is 19.3. The molecule has 0 radical (unpaired) electrons. The van der Waals surface area contributed by atoms with Crippen LogP contribution < -0.4 is 5.32 Å². The zero-order valence-electron chi connectivity index (χ0n) is 13.1. The number of aliphatic carboxylic acids is 1. The van der Waals surface area contributed by atoms with Crippen LogP contribution in [0, 0.1) is 0 Å².